The lowest BCUT2D eigenvalue weighted by Gasteiger charge is -2.13. The van der Waals surface area contributed by atoms with E-state index in [0.29, 0.717) is 104 Å². The molecule has 0 aliphatic carbocycles. The van der Waals surface area contributed by atoms with Gasteiger partial charge in [-0.05, 0) is 18.6 Å². The maximum Gasteiger partial charge on any atom is 0.261 e. The van der Waals surface area contributed by atoms with Crippen molar-refractivity contribution in [3.8, 4) is 0 Å². The van der Waals surface area contributed by atoms with E-state index in [4.69, 9.17) is 37.9 Å². The van der Waals surface area contributed by atoms with Crippen LogP contribution in [0.1, 0.15) is 98.3 Å². The zero-order valence-electron chi connectivity index (χ0n) is 29.6. The van der Waals surface area contributed by atoms with E-state index in [-0.39, 0.29) is 25.0 Å². The molecular weight excluding hydrogens is 618 g/mol. The van der Waals surface area contributed by atoms with Crippen molar-refractivity contribution in [3.63, 3.8) is 0 Å². The number of rotatable bonds is 36. The van der Waals surface area contributed by atoms with Gasteiger partial charge in [0.25, 0.3) is 11.8 Å². The van der Waals surface area contributed by atoms with Crippen molar-refractivity contribution in [1.82, 2.24) is 4.90 Å². The minimum Gasteiger partial charge on any atom is -0.379 e. The Morgan fingerprint density at radius 1 is 0.396 bits per heavy atom. The summed E-state index contributed by atoms with van der Waals surface area (Å²) >= 11 is 0. The molecule has 0 spiro atoms. The highest BCUT2D eigenvalue weighted by Crippen LogP contribution is 2.21. The molecule has 1 aromatic rings. The van der Waals surface area contributed by atoms with Crippen molar-refractivity contribution in [3.05, 3.63) is 35.4 Å². The maximum absolute atomic E-state index is 12.3. The zero-order chi connectivity index (χ0) is 34.2. The molecule has 1 aliphatic rings. The molecule has 0 radical (unpaired) electrons. The van der Waals surface area contributed by atoms with Crippen LogP contribution in [0.4, 0.5) is 0 Å². The van der Waals surface area contributed by atoms with E-state index in [1.165, 1.54) is 69.1 Å². The average molecular weight is 682 g/mol. The number of amides is 2. The lowest BCUT2D eigenvalue weighted by Crippen LogP contribution is -2.33. The molecule has 1 aromatic carbocycles. The molecule has 0 unspecified atom stereocenters. The molecule has 48 heavy (non-hydrogen) atoms. The average Bonchev–Trinajstić information content (AvgIpc) is 3.34. The quantitative estimate of drug-likeness (QED) is 0.0644. The monoisotopic (exact) mass is 681 g/mol. The van der Waals surface area contributed by atoms with Gasteiger partial charge in [0.2, 0.25) is 0 Å². The van der Waals surface area contributed by atoms with E-state index in [2.05, 4.69) is 6.92 Å². The van der Waals surface area contributed by atoms with Crippen molar-refractivity contribution in [2.75, 3.05) is 112 Å². The summed E-state index contributed by atoms with van der Waals surface area (Å²) in [6, 6.07) is 6.84. The molecule has 0 atom stereocenters. The molecule has 0 N–H and O–H groups in total. The Morgan fingerprint density at radius 3 is 1.04 bits per heavy atom. The Hall–Kier alpha value is -1.96. The summed E-state index contributed by atoms with van der Waals surface area (Å²) < 4.78 is 44.2. The number of nitrogens with zero attached hydrogens (tertiary/aromatic N) is 1. The lowest BCUT2D eigenvalue weighted by atomic mass is 10.1. The highest BCUT2D eigenvalue weighted by molar-refractivity contribution is 6.21. The molecular formula is C37H63NO10. The molecule has 0 saturated heterocycles. The van der Waals surface area contributed by atoms with Gasteiger partial charge in [-0.1, -0.05) is 83.3 Å². The molecule has 11 heteroatoms. The van der Waals surface area contributed by atoms with E-state index in [0.717, 1.165) is 13.0 Å². The number of hydrogen-bond acceptors (Lipinski definition) is 10. The highest BCUT2D eigenvalue weighted by atomic mass is 16.6. The fraction of sp³-hybridized carbons (Fsp3) is 0.784. The van der Waals surface area contributed by atoms with Gasteiger partial charge in [-0.2, -0.15) is 0 Å². The molecule has 2 amide bonds. The first-order valence-electron chi connectivity index (χ1n) is 18.3. The predicted octanol–water partition coefficient (Wildman–Crippen LogP) is 5.73. The third-order valence-corrected chi connectivity index (χ3v) is 7.83. The van der Waals surface area contributed by atoms with Gasteiger partial charge in [0.15, 0.2) is 0 Å². The molecule has 0 aromatic heterocycles. The van der Waals surface area contributed by atoms with E-state index in [1.807, 2.05) is 0 Å². The van der Waals surface area contributed by atoms with E-state index in [9.17, 15) is 9.59 Å². The molecule has 0 saturated carbocycles. The van der Waals surface area contributed by atoms with Gasteiger partial charge in [-0.3, -0.25) is 14.5 Å². The number of benzene rings is 1. The van der Waals surface area contributed by atoms with Crippen LogP contribution in [0.5, 0.6) is 0 Å². The summed E-state index contributed by atoms with van der Waals surface area (Å²) in [4.78, 5) is 25.8. The van der Waals surface area contributed by atoms with Crippen molar-refractivity contribution in [1.29, 1.82) is 0 Å². The van der Waals surface area contributed by atoms with Crippen LogP contribution in [0, 0.1) is 0 Å². The number of carbonyl (C=O) groups excluding carboxylic acids is 2. The van der Waals surface area contributed by atoms with E-state index in [1.54, 1.807) is 24.3 Å². The van der Waals surface area contributed by atoms with Crippen LogP contribution in [0.2, 0.25) is 0 Å². The van der Waals surface area contributed by atoms with Gasteiger partial charge in [-0.15, -0.1) is 0 Å². The number of imide groups is 1. The molecule has 11 nitrogen and oxygen atoms in total. The minimum absolute atomic E-state index is 0.222. The molecule has 0 fully saturated rings. The van der Waals surface area contributed by atoms with Crippen LogP contribution >= 0.6 is 0 Å². The van der Waals surface area contributed by atoms with E-state index < -0.39 is 0 Å². The Bertz CT molecular complexity index is 883. The van der Waals surface area contributed by atoms with Gasteiger partial charge < -0.3 is 37.9 Å². The molecule has 1 heterocycles. The number of unbranched alkanes of at least 4 members (excludes halogenated alkanes) is 10. The van der Waals surface area contributed by atoms with E-state index >= 15 is 0 Å². The molecule has 0 bridgehead atoms. The van der Waals surface area contributed by atoms with Crippen LogP contribution in [0.15, 0.2) is 24.3 Å². The first-order valence-corrected chi connectivity index (χ1v) is 18.3. The summed E-state index contributed by atoms with van der Waals surface area (Å²) in [5.74, 6) is -0.541. The summed E-state index contributed by atoms with van der Waals surface area (Å²) in [6.07, 6.45) is 14.8. The van der Waals surface area contributed by atoms with Crippen molar-refractivity contribution >= 4 is 11.8 Å². The smallest absolute Gasteiger partial charge is 0.261 e. The largest absolute Gasteiger partial charge is 0.379 e. The maximum atomic E-state index is 12.3. The van der Waals surface area contributed by atoms with Gasteiger partial charge in [0, 0.05) is 6.61 Å². The Kier molecular flexibility index (Phi) is 27.3. The van der Waals surface area contributed by atoms with Crippen LogP contribution in [-0.2, 0) is 37.9 Å². The fourth-order valence-electron chi connectivity index (χ4n) is 5.11. The number of hydrogen-bond donors (Lipinski definition) is 0. The minimum atomic E-state index is -0.271. The first-order chi connectivity index (χ1) is 23.8. The van der Waals surface area contributed by atoms with Crippen LogP contribution in [-0.4, -0.2) is 129 Å². The summed E-state index contributed by atoms with van der Waals surface area (Å²) in [7, 11) is 0. The van der Waals surface area contributed by atoms with Crippen LogP contribution < -0.4 is 0 Å². The van der Waals surface area contributed by atoms with Crippen molar-refractivity contribution in [2.45, 2.75) is 77.6 Å². The molecule has 1 aliphatic heterocycles. The Labute approximate surface area is 289 Å². The van der Waals surface area contributed by atoms with Gasteiger partial charge in [0.05, 0.1) is 117 Å². The zero-order valence-corrected chi connectivity index (χ0v) is 29.6. The number of carbonyl (C=O) groups is 2. The van der Waals surface area contributed by atoms with Gasteiger partial charge in [-0.25, -0.2) is 0 Å². The van der Waals surface area contributed by atoms with Gasteiger partial charge >= 0.3 is 0 Å². The number of ether oxygens (including phenoxy) is 8. The Balaban J connectivity index is 1.17. The molecule has 2 rings (SSSR count). The number of fused-ring (bicyclic) bond motifs is 1. The second-order valence-corrected chi connectivity index (χ2v) is 11.7. The first kappa shape index (κ1) is 42.2. The second kappa shape index (κ2) is 31.1. The third kappa shape index (κ3) is 21.2. The summed E-state index contributed by atoms with van der Waals surface area (Å²) in [6.45, 7) is 10.6. The van der Waals surface area contributed by atoms with Crippen molar-refractivity contribution in [2.24, 2.45) is 0 Å². The highest BCUT2D eigenvalue weighted by Gasteiger charge is 2.34. The SMILES string of the molecule is CCCCCCCCCCCCCOCCOCCOCCOCCOCCOCCOCCOCCN1C(=O)c2ccccc2C1=O. The second-order valence-electron chi connectivity index (χ2n) is 11.7. The summed E-state index contributed by atoms with van der Waals surface area (Å²) in [5, 5.41) is 0. The third-order valence-electron chi connectivity index (χ3n) is 7.83. The molecule has 276 valence electrons. The van der Waals surface area contributed by atoms with Crippen LogP contribution in [0.3, 0.4) is 0 Å². The van der Waals surface area contributed by atoms with Crippen LogP contribution in [0.25, 0.3) is 0 Å². The summed E-state index contributed by atoms with van der Waals surface area (Å²) in [5.41, 5.74) is 0.897. The fourth-order valence-corrected chi connectivity index (χ4v) is 5.11. The van der Waals surface area contributed by atoms with Crippen molar-refractivity contribution < 1.29 is 47.5 Å². The Morgan fingerprint density at radius 2 is 0.688 bits per heavy atom. The lowest BCUT2D eigenvalue weighted by molar-refractivity contribution is -0.0233. The van der Waals surface area contributed by atoms with Gasteiger partial charge in [0.1, 0.15) is 0 Å². The predicted molar refractivity (Wildman–Crippen MR) is 185 cm³/mol. The normalized spacial score (nSPS) is 12.8. The topological polar surface area (TPSA) is 111 Å². The standard InChI is InChI=1S/C37H63NO10/c1-2-3-4-5-6-7-8-9-10-11-14-18-41-20-22-43-24-26-45-28-30-47-32-33-48-31-29-46-27-25-44-23-21-42-19-17-38-36(39)34-15-12-13-16-35(34)37(38)40/h12-13,15-16H,2-11,14,17-33H2,1H3.